The molecule has 146 valence electrons. The molecule has 1 aliphatic rings. The quantitative estimate of drug-likeness (QED) is 0.688. The monoisotopic (exact) mass is 369 g/mol. The third-order valence-electron chi connectivity index (χ3n) is 5.06. The van der Waals surface area contributed by atoms with Crippen LogP contribution in [0.25, 0.3) is 0 Å². The van der Waals surface area contributed by atoms with Crippen molar-refractivity contribution in [1.82, 2.24) is 4.90 Å². The fourth-order valence-electron chi connectivity index (χ4n) is 3.42. The summed E-state index contributed by atoms with van der Waals surface area (Å²) in [5.41, 5.74) is 7.92. The number of methoxy groups -OCH3 is 1. The van der Waals surface area contributed by atoms with Crippen molar-refractivity contribution < 1.29 is 9.47 Å². The van der Waals surface area contributed by atoms with Crippen LogP contribution < -0.4 is 20.1 Å². The van der Waals surface area contributed by atoms with Gasteiger partial charge in [0.1, 0.15) is 18.1 Å². The number of ether oxygens (including phenoxy) is 2. The first-order valence-corrected chi connectivity index (χ1v) is 9.82. The van der Waals surface area contributed by atoms with Crippen LogP contribution in [-0.2, 0) is 6.61 Å². The molecule has 2 aromatic rings. The van der Waals surface area contributed by atoms with E-state index in [1.165, 1.54) is 12.1 Å². The summed E-state index contributed by atoms with van der Waals surface area (Å²) in [5.74, 6) is 1.81. The van der Waals surface area contributed by atoms with Crippen molar-refractivity contribution in [3.63, 3.8) is 0 Å². The Kier molecular flexibility index (Phi) is 7.36. The second kappa shape index (κ2) is 10.2. The Balaban J connectivity index is 1.56. The molecular weight excluding hydrogens is 338 g/mol. The lowest BCUT2D eigenvalue weighted by molar-refractivity contribution is 0.251. The van der Waals surface area contributed by atoms with Gasteiger partial charge >= 0.3 is 0 Å². The van der Waals surface area contributed by atoms with E-state index in [4.69, 9.17) is 15.2 Å². The molecule has 0 radical (unpaired) electrons. The maximum atomic E-state index is 6.15. The van der Waals surface area contributed by atoms with Crippen molar-refractivity contribution in [2.24, 2.45) is 5.73 Å². The largest absolute Gasteiger partial charge is 0.497 e. The van der Waals surface area contributed by atoms with Crippen LogP contribution >= 0.6 is 0 Å². The highest BCUT2D eigenvalue weighted by atomic mass is 16.5. The smallest absolute Gasteiger partial charge is 0.143 e. The lowest BCUT2D eigenvalue weighted by Crippen LogP contribution is -2.46. The van der Waals surface area contributed by atoms with Gasteiger partial charge in [-0.1, -0.05) is 24.3 Å². The number of hydrogen-bond donors (Lipinski definition) is 1. The number of para-hydroxylation sites is 2. The molecule has 0 unspecified atom stereocenters. The first kappa shape index (κ1) is 19.5. The van der Waals surface area contributed by atoms with Crippen molar-refractivity contribution in [3.8, 4) is 11.5 Å². The zero-order valence-corrected chi connectivity index (χ0v) is 16.3. The summed E-state index contributed by atoms with van der Waals surface area (Å²) in [6, 6.07) is 16.4. The van der Waals surface area contributed by atoms with Crippen LogP contribution in [-0.4, -0.2) is 51.3 Å². The van der Waals surface area contributed by atoms with Crippen LogP contribution in [0.3, 0.4) is 0 Å². The molecule has 27 heavy (non-hydrogen) atoms. The molecule has 1 fully saturated rings. The molecule has 0 amide bonds. The number of rotatable bonds is 9. The predicted octanol–water partition coefficient (Wildman–Crippen LogP) is 3.14. The van der Waals surface area contributed by atoms with Gasteiger partial charge in [-0.2, -0.15) is 0 Å². The molecule has 0 saturated carbocycles. The topological polar surface area (TPSA) is 51.0 Å². The van der Waals surface area contributed by atoms with Crippen molar-refractivity contribution >= 4 is 5.69 Å². The molecule has 0 bridgehead atoms. The van der Waals surface area contributed by atoms with E-state index in [1.54, 1.807) is 7.11 Å². The van der Waals surface area contributed by atoms with E-state index >= 15 is 0 Å². The molecule has 2 N–H and O–H groups in total. The van der Waals surface area contributed by atoms with Gasteiger partial charge in [-0.15, -0.1) is 0 Å². The van der Waals surface area contributed by atoms with Crippen LogP contribution in [0.2, 0.25) is 0 Å². The van der Waals surface area contributed by atoms with Crippen molar-refractivity contribution in [2.75, 3.05) is 51.3 Å². The normalized spacial score (nSPS) is 15.0. The molecule has 3 rings (SSSR count). The lowest BCUT2D eigenvalue weighted by Gasteiger charge is -2.36. The number of nitrogens with two attached hydrogens (primary N) is 1. The van der Waals surface area contributed by atoms with Gasteiger partial charge in [0.25, 0.3) is 0 Å². The minimum absolute atomic E-state index is 0.556. The van der Waals surface area contributed by atoms with Crippen molar-refractivity contribution in [3.05, 3.63) is 54.1 Å². The molecular formula is C22H31N3O2. The Bertz CT molecular complexity index is 682. The fourth-order valence-corrected chi connectivity index (χ4v) is 3.42. The highest BCUT2D eigenvalue weighted by Gasteiger charge is 2.19. The summed E-state index contributed by atoms with van der Waals surface area (Å²) in [5, 5.41) is 0. The second-order valence-electron chi connectivity index (χ2n) is 6.93. The molecule has 0 spiro atoms. The lowest BCUT2D eigenvalue weighted by atomic mass is 10.2. The maximum absolute atomic E-state index is 6.15. The molecule has 2 aromatic carbocycles. The third-order valence-corrected chi connectivity index (χ3v) is 5.06. The highest BCUT2D eigenvalue weighted by molar-refractivity contribution is 5.58. The fraction of sp³-hybridized carbons (Fsp3) is 0.455. The zero-order chi connectivity index (χ0) is 18.9. The Morgan fingerprint density at radius 1 is 0.926 bits per heavy atom. The summed E-state index contributed by atoms with van der Waals surface area (Å²) in [6.45, 7) is 6.76. The van der Waals surface area contributed by atoms with Crippen LogP contribution in [0.1, 0.15) is 18.4 Å². The van der Waals surface area contributed by atoms with Gasteiger partial charge < -0.3 is 20.1 Å². The second-order valence-corrected chi connectivity index (χ2v) is 6.93. The van der Waals surface area contributed by atoms with E-state index in [9.17, 15) is 0 Å². The first-order valence-electron chi connectivity index (χ1n) is 9.82. The predicted molar refractivity (Wildman–Crippen MR) is 111 cm³/mol. The molecule has 0 aliphatic carbocycles. The summed E-state index contributed by atoms with van der Waals surface area (Å²) in [7, 11) is 1.68. The van der Waals surface area contributed by atoms with Gasteiger partial charge in [-0.25, -0.2) is 0 Å². The van der Waals surface area contributed by atoms with E-state index in [0.29, 0.717) is 6.61 Å². The summed E-state index contributed by atoms with van der Waals surface area (Å²) >= 11 is 0. The average molecular weight is 370 g/mol. The summed E-state index contributed by atoms with van der Waals surface area (Å²) in [6.07, 6.45) is 2.31. The van der Waals surface area contributed by atoms with Crippen molar-refractivity contribution in [1.29, 1.82) is 0 Å². The van der Waals surface area contributed by atoms with Crippen LogP contribution in [0.5, 0.6) is 11.5 Å². The standard InChI is InChI=1S/C22H31N3O2/c1-26-20-10-8-19(9-11-20)18-27-22-7-3-2-6-21(22)25-16-14-24(15-17-25)13-5-4-12-23/h2-3,6-11H,4-5,12-18,23H2,1H3. The van der Waals surface area contributed by atoms with Gasteiger partial charge in [0.2, 0.25) is 0 Å². The van der Waals surface area contributed by atoms with Gasteiger partial charge in [0.15, 0.2) is 0 Å². The zero-order valence-electron chi connectivity index (χ0n) is 16.3. The molecule has 1 heterocycles. The van der Waals surface area contributed by atoms with E-state index in [0.717, 1.165) is 62.8 Å². The Morgan fingerprint density at radius 3 is 2.37 bits per heavy atom. The van der Waals surface area contributed by atoms with E-state index in [1.807, 2.05) is 30.3 Å². The van der Waals surface area contributed by atoms with Crippen LogP contribution in [0, 0.1) is 0 Å². The number of anilines is 1. The minimum atomic E-state index is 0.556. The maximum Gasteiger partial charge on any atom is 0.143 e. The molecule has 1 saturated heterocycles. The Labute approximate surface area is 162 Å². The van der Waals surface area contributed by atoms with E-state index in [2.05, 4.69) is 28.0 Å². The molecule has 0 aromatic heterocycles. The average Bonchev–Trinajstić information content (AvgIpc) is 2.73. The molecule has 5 nitrogen and oxygen atoms in total. The molecule has 5 heteroatoms. The first-order chi connectivity index (χ1) is 13.3. The Morgan fingerprint density at radius 2 is 1.67 bits per heavy atom. The van der Waals surface area contributed by atoms with Gasteiger partial charge in [-0.3, -0.25) is 4.90 Å². The van der Waals surface area contributed by atoms with Crippen LogP contribution in [0.15, 0.2) is 48.5 Å². The third kappa shape index (κ3) is 5.62. The number of piperazine rings is 1. The van der Waals surface area contributed by atoms with Gasteiger partial charge in [0, 0.05) is 26.2 Å². The minimum Gasteiger partial charge on any atom is -0.497 e. The number of nitrogens with zero attached hydrogens (tertiary/aromatic N) is 2. The Hall–Kier alpha value is -2.24. The van der Waals surface area contributed by atoms with E-state index < -0.39 is 0 Å². The van der Waals surface area contributed by atoms with Crippen LogP contribution in [0.4, 0.5) is 5.69 Å². The van der Waals surface area contributed by atoms with Crippen molar-refractivity contribution in [2.45, 2.75) is 19.4 Å². The number of benzene rings is 2. The van der Waals surface area contributed by atoms with E-state index in [-0.39, 0.29) is 0 Å². The highest BCUT2D eigenvalue weighted by Crippen LogP contribution is 2.29. The SMILES string of the molecule is COc1ccc(COc2ccccc2N2CCN(CCCCN)CC2)cc1. The number of hydrogen-bond acceptors (Lipinski definition) is 5. The molecule has 1 aliphatic heterocycles. The number of unbranched alkanes of at least 4 members (excludes halogenated alkanes) is 1. The summed E-state index contributed by atoms with van der Waals surface area (Å²) < 4.78 is 11.4. The molecule has 0 atom stereocenters. The van der Waals surface area contributed by atoms with Gasteiger partial charge in [-0.05, 0) is 55.8 Å². The van der Waals surface area contributed by atoms with Gasteiger partial charge in [0.05, 0.1) is 12.8 Å². The summed E-state index contributed by atoms with van der Waals surface area (Å²) in [4.78, 5) is 4.97.